The third-order valence-corrected chi connectivity index (χ3v) is 2.84. The molecule has 1 aliphatic heterocycles. The van der Waals surface area contributed by atoms with Gasteiger partial charge in [-0.2, -0.15) is 0 Å². The first-order valence-electron chi connectivity index (χ1n) is 4.56. The van der Waals surface area contributed by atoms with Crippen molar-refractivity contribution >= 4 is 5.69 Å². The van der Waals surface area contributed by atoms with Gasteiger partial charge in [0, 0.05) is 23.2 Å². The summed E-state index contributed by atoms with van der Waals surface area (Å²) in [7, 11) is 0. The minimum absolute atomic E-state index is 0.121. The zero-order chi connectivity index (χ0) is 9.64. The highest BCUT2D eigenvalue weighted by Gasteiger charge is 2.30. The van der Waals surface area contributed by atoms with Crippen LogP contribution >= 0.6 is 0 Å². The van der Waals surface area contributed by atoms with E-state index in [0.717, 1.165) is 17.8 Å². The van der Waals surface area contributed by atoms with E-state index in [0.29, 0.717) is 0 Å². The summed E-state index contributed by atoms with van der Waals surface area (Å²) in [5, 5.41) is 3.26. The van der Waals surface area contributed by atoms with Gasteiger partial charge >= 0.3 is 0 Å². The van der Waals surface area contributed by atoms with E-state index in [-0.39, 0.29) is 11.2 Å². The molecule has 13 heavy (non-hydrogen) atoms. The third kappa shape index (κ3) is 1.12. The average molecular weight is 179 g/mol. The van der Waals surface area contributed by atoms with Crippen molar-refractivity contribution in [3.8, 4) is 0 Å². The summed E-state index contributed by atoms with van der Waals surface area (Å²) in [5.41, 5.74) is 3.09. The Labute approximate surface area is 78.0 Å². The fraction of sp³-hybridized carbons (Fsp3) is 0.455. The molecule has 1 heterocycles. The second-order valence-corrected chi connectivity index (χ2v) is 4.33. The number of anilines is 1. The summed E-state index contributed by atoms with van der Waals surface area (Å²) in [6.07, 6.45) is 0. The van der Waals surface area contributed by atoms with Crippen LogP contribution in [0.4, 0.5) is 10.1 Å². The third-order valence-electron chi connectivity index (χ3n) is 2.84. The van der Waals surface area contributed by atoms with Gasteiger partial charge in [0.1, 0.15) is 5.82 Å². The van der Waals surface area contributed by atoms with Crippen molar-refractivity contribution in [2.75, 3.05) is 11.9 Å². The first-order chi connectivity index (χ1) is 6.02. The van der Waals surface area contributed by atoms with Crippen molar-refractivity contribution in [1.82, 2.24) is 0 Å². The Hall–Kier alpha value is -1.05. The molecule has 2 rings (SSSR count). The Morgan fingerprint density at radius 1 is 1.38 bits per heavy atom. The van der Waals surface area contributed by atoms with Crippen molar-refractivity contribution in [3.63, 3.8) is 0 Å². The number of rotatable bonds is 0. The smallest absolute Gasteiger partial charge is 0.128 e. The van der Waals surface area contributed by atoms with Crippen LogP contribution in [0.25, 0.3) is 0 Å². The molecule has 1 nitrogen and oxygen atoms in total. The largest absolute Gasteiger partial charge is 0.384 e. The molecule has 0 saturated carbocycles. The van der Waals surface area contributed by atoms with Gasteiger partial charge in [-0.25, -0.2) is 4.39 Å². The van der Waals surface area contributed by atoms with Crippen LogP contribution in [0.15, 0.2) is 12.1 Å². The maximum absolute atomic E-state index is 13.2. The molecule has 1 aromatic rings. The van der Waals surface area contributed by atoms with E-state index in [1.165, 1.54) is 5.56 Å². The van der Waals surface area contributed by atoms with Gasteiger partial charge in [-0.3, -0.25) is 0 Å². The molecule has 1 aliphatic rings. The van der Waals surface area contributed by atoms with Gasteiger partial charge < -0.3 is 5.32 Å². The molecule has 0 atom stereocenters. The molecule has 0 aliphatic carbocycles. The van der Waals surface area contributed by atoms with Gasteiger partial charge in [0.2, 0.25) is 0 Å². The van der Waals surface area contributed by atoms with Gasteiger partial charge in [-0.15, -0.1) is 0 Å². The summed E-state index contributed by atoms with van der Waals surface area (Å²) in [5.74, 6) is -0.121. The molecule has 0 spiro atoms. The van der Waals surface area contributed by atoms with Crippen LogP contribution < -0.4 is 5.32 Å². The maximum atomic E-state index is 13.2. The summed E-state index contributed by atoms with van der Waals surface area (Å²) in [6.45, 7) is 7.06. The van der Waals surface area contributed by atoms with E-state index in [4.69, 9.17) is 0 Å². The molecular weight excluding hydrogens is 165 g/mol. The van der Waals surface area contributed by atoms with E-state index >= 15 is 0 Å². The standard InChI is InChI=1S/C11H14FN/c1-7-9(12)5-4-8-10(7)13-6-11(8,2)3/h4-5,13H,6H2,1-3H3. The van der Waals surface area contributed by atoms with Crippen molar-refractivity contribution in [1.29, 1.82) is 0 Å². The van der Waals surface area contributed by atoms with E-state index in [9.17, 15) is 4.39 Å². The van der Waals surface area contributed by atoms with Crippen LogP contribution in [0.5, 0.6) is 0 Å². The molecule has 2 heteroatoms. The number of hydrogen-bond acceptors (Lipinski definition) is 1. The highest BCUT2D eigenvalue weighted by molar-refractivity contribution is 5.64. The molecule has 1 aromatic carbocycles. The zero-order valence-electron chi connectivity index (χ0n) is 8.24. The average Bonchev–Trinajstić information content (AvgIpc) is 2.35. The minimum Gasteiger partial charge on any atom is -0.384 e. The monoisotopic (exact) mass is 179 g/mol. The summed E-state index contributed by atoms with van der Waals surface area (Å²) in [4.78, 5) is 0. The van der Waals surface area contributed by atoms with Crippen LogP contribution in [0.1, 0.15) is 25.0 Å². The number of halogens is 1. The van der Waals surface area contributed by atoms with Crippen molar-refractivity contribution in [2.45, 2.75) is 26.2 Å². The molecule has 0 bridgehead atoms. The quantitative estimate of drug-likeness (QED) is 0.645. The summed E-state index contributed by atoms with van der Waals surface area (Å²) < 4.78 is 13.2. The Bertz CT molecular complexity index is 355. The lowest BCUT2D eigenvalue weighted by Crippen LogP contribution is -2.18. The van der Waals surface area contributed by atoms with E-state index < -0.39 is 0 Å². The van der Waals surface area contributed by atoms with E-state index in [2.05, 4.69) is 19.2 Å². The van der Waals surface area contributed by atoms with Crippen LogP contribution in [-0.4, -0.2) is 6.54 Å². The Morgan fingerprint density at radius 2 is 2.08 bits per heavy atom. The number of fused-ring (bicyclic) bond motifs is 1. The second-order valence-electron chi connectivity index (χ2n) is 4.33. The lowest BCUT2D eigenvalue weighted by molar-refractivity contribution is 0.583. The predicted octanol–water partition coefficient (Wildman–Crippen LogP) is 2.84. The van der Waals surface area contributed by atoms with Gasteiger partial charge in [0.15, 0.2) is 0 Å². The van der Waals surface area contributed by atoms with Crippen LogP contribution in [0.3, 0.4) is 0 Å². The molecule has 0 radical (unpaired) electrons. The summed E-state index contributed by atoms with van der Waals surface area (Å²) >= 11 is 0. The minimum atomic E-state index is -0.121. The van der Waals surface area contributed by atoms with Gasteiger partial charge in [0.25, 0.3) is 0 Å². The molecule has 0 aromatic heterocycles. The normalized spacial score (nSPS) is 18.2. The van der Waals surface area contributed by atoms with Crippen LogP contribution in [0, 0.1) is 12.7 Å². The highest BCUT2D eigenvalue weighted by Crippen LogP contribution is 2.38. The SMILES string of the molecule is Cc1c(F)ccc2c1NCC2(C)C. The molecule has 0 unspecified atom stereocenters. The van der Waals surface area contributed by atoms with Crippen molar-refractivity contribution < 1.29 is 4.39 Å². The molecule has 0 fully saturated rings. The predicted molar refractivity (Wildman–Crippen MR) is 52.7 cm³/mol. The van der Waals surface area contributed by atoms with Gasteiger partial charge in [0.05, 0.1) is 0 Å². The fourth-order valence-corrected chi connectivity index (χ4v) is 1.88. The molecular formula is C11H14FN. The summed E-state index contributed by atoms with van der Waals surface area (Å²) in [6, 6.07) is 3.45. The molecule has 70 valence electrons. The van der Waals surface area contributed by atoms with Crippen molar-refractivity contribution in [2.24, 2.45) is 0 Å². The first-order valence-corrected chi connectivity index (χ1v) is 4.56. The van der Waals surface area contributed by atoms with Crippen LogP contribution in [-0.2, 0) is 5.41 Å². The Kier molecular flexibility index (Phi) is 1.62. The molecule has 0 amide bonds. The van der Waals surface area contributed by atoms with E-state index in [1.54, 1.807) is 6.07 Å². The Balaban J connectivity index is 2.64. The van der Waals surface area contributed by atoms with Crippen molar-refractivity contribution in [3.05, 3.63) is 29.1 Å². The zero-order valence-corrected chi connectivity index (χ0v) is 8.24. The Morgan fingerprint density at radius 3 is 2.77 bits per heavy atom. The number of nitrogens with one attached hydrogen (secondary N) is 1. The van der Waals surface area contributed by atoms with E-state index in [1.807, 2.05) is 13.0 Å². The van der Waals surface area contributed by atoms with Crippen LogP contribution in [0.2, 0.25) is 0 Å². The van der Waals surface area contributed by atoms with Gasteiger partial charge in [-0.1, -0.05) is 19.9 Å². The van der Waals surface area contributed by atoms with Gasteiger partial charge in [-0.05, 0) is 18.6 Å². The number of hydrogen-bond donors (Lipinski definition) is 1. The topological polar surface area (TPSA) is 12.0 Å². The maximum Gasteiger partial charge on any atom is 0.128 e. The lowest BCUT2D eigenvalue weighted by atomic mass is 9.86. The fourth-order valence-electron chi connectivity index (χ4n) is 1.88. The highest BCUT2D eigenvalue weighted by atomic mass is 19.1. The second kappa shape index (κ2) is 2.47. The lowest BCUT2D eigenvalue weighted by Gasteiger charge is -2.16. The number of benzene rings is 1. The first kappa shape index (κ1) is 8.54. The molecule has 1 N–H and O–H groups in total. The molecule has 0 saturated heterocycles.